The van der Waals surface area contributed by atoms with E-state index in [9.17, 15) is 4.39 Å². The SMILES string of the molecule is CN1CCN(c2ccc(C3CNCCO3)cc2F)CC1. The molecule has 1 aromatic rings. The summed E-state index contributed by atoms with van der Waals surface area (Å²) in [6, 6.07) is 5.52. The first-order valence-corrected chi connectivity index (χ1v) is 7.29. The molecule has 0 radical (unpaired) electrons. The van der Waals surface area contributed by atoms with Gasteiger partial charge in [0, 0.05) is 39.3 Å². The highest BCUT2D eigenvalue weighted by molar-refractivity contribution is 5.50. The van der Waals surface area contributed by atoms with E-state index in [1.807, 2.05) is 12.1 Å². The van der Waals surface area contributed by atoms with Gasteiger partial charge in [-0.15, -0.1) is 0 Å². The minimum absolute atomic E-state index is 0.0280. The van der Waals surface area contributed by atoms with Gasteiger partial charge in [0.05, 0.1) is 18.4 Å². The van der Waals surface area contributed by atoms with Gasteiger partial charge in [-0.1, -0.05) is 6.07 Å². The average Bonchev–Trinajstić information content (AvgIpc) is 2.49. The first-order valence-electron chi connectivity index (χ1n) is 7.29. The Kier molecular flexibility index (Phi) is 4.19. The van der Waals surface area contributed by atoms with Crippen LogP contribution in [0, 0.1) is 5.82 Å². The molecule has 5 heteroatoms. The summed E-state index contributed by atoms with van der Waals surface area (Å²) in [6.07, 6.45) is -0.0280. The fourth-order valence-electron chi connectivity index (χ4n) is 2.81. The Morgan fingerprint density at radius 3 is 2.70 bits per heavy atom. The van der Waals surface area contributed by atoms with E-state index in [0.717, 1.165) is 44.8 Å². The largest absolute Gasteiger partial charge is 0.371 e. The molecule has 1 aromatic carbocycles. The van der Waals surface area contributed by atoms with Crippen LogP contribution in [-0.4, -0.2) is 57.8 Å². The summed E-state index contributed by atoms with van der Waals surface area (Å²) in [4.78, 5) is 4.39. The van der Waals surface area contributed by atoms with E-state index in [4.69, 9.17) is 4.74 Å². The fourth-order valence-corrected chi connectivity index (χ4v) is 2.81. The van der Waals surface area contributed by atoms with Crippen molar-refractivity contribution < 1.29 is 9.13 Å². The predicted octanol–water partition coefficient (Wildman–Crippen LogP) is 1.24. The highest BCUT2D eigenvalue weighted by Crippen LogP contribution is 2.26. The highest BCUT2D eigenvalue weighted by Gasteiger charge is 2.20. The van der Waals surface area contributed by atoms with Crippen molar-refractivity contribution in [2.75, 3.05) is 57.8 Å². The molecule has 0 spiro atoms. The van der Waals surface area contributed by atoms with Crippen LogP contribution >= 0.6 is 0 Å². The monoisotopic (exact) mass is 279 g/mol. The molecule has 1 atom stereocenters. The summed E-state index contributed by atoms with van der Waals surface area (Å²) in [5, 5.41) is 3.27. The quantitative estimate of drug-likeness (QED) is 0.881. The summed E-state index contributed by atoms with van der Waals surface area (Å²) in [6.45, 7) is 6.05. The molecule has 4 nitrogen and oxygen atoms in total. The number of hydrogen-bond acceptors (Lipinski definition) is 4. The van der Waals surface area contributed by atoms with E-state index in [-0.39, 0.29) is 11.9 Å². The van der Waals surface area contributed by atoms with Crippen LogP contribution in [0.2, 0.25) is 0 Å². The molecule has 0 amide bonds. The van der Waals surface area contributed by atoms with Gasteiger partial charge in [0.1, 0.15) is 5.82 Å². The summed E-state index contributed by atoms with van der Waals surface area (Å²) in [7, 11) is 2.10. The number of hydrogen-bond donors (Lipinski definition) is 1. The molecule has 1 N–H and O–H groups in total. The topological polar surface area (TPSA) is 27.7 Å². The minimum atomic E-state index is -0.138. The van der Waals surface area contributed by atoms with Crippen molar-refractivity contribution in [1.29, 1.82) is 0 Å². The molecule has 110 valence electrons. The second-order valence-corrected chi connectivity index (χ2v) is 5.56. The Bertz CT molecular complexity index is 454. The third kappa shape index (κ3) is 2.95. The number of piperazine rings is 1. The zero-order chi connectivity index (χ0) is 13.9. The van der Waals surface area contributed by atoms with Crippen molar-refractivity contribution in [3.63, 3.8) is 0 Å². The lowest BCUT2D eigenvalue weighted by atomic mass is 10.1. The number of morpholine rings is 1. The van der Waals surface area contributed by atoms with E-state index in [0.29, 0.717) is 12.3 Å². The second-order valence-electron chi connectivity index (χ2n) is 5.56. The molecule has 20 heavy (non-hydrogen) atoms. The van der Waals surface area contributed by atoms with E-state index in [1.54, 1.807) is 6.07 Å². The molecule has 2 aliphatic rings. The number of halogens is 1. The van der Waals surface area contributed by atoms with E-state index in [2.05, 4.69) is 22.2 Å². The van der Waals surface area contributed by atoms with Crippen molar-refractivity contribution in [1.82, 2.24) is 10.2 Å². The highest BCUT2D eigenvalue weighted by atomic mass is 19.1. The first kappa shape index (κ1) is 13.8. The lowest BCUT2D eigenvalue weighted by Gasteiger charge is -2.34. The molecule has 1 unspecified atom stereocenters. The van der Waals surface area contributed by atoms with Gasteiger partial charge in [0.25, 0.3) is 0 Å². The van der Waals surface area contributed by atoms with Gasteiger partial charge < -0.3 is 19.9 Å². The van der Waals surface area contributed by atoms with Crippen molar-refractivity contribution in [2.45, 2.75) is 6.10 Å². The van der Waals surface area contributed by atoms with Gasteiger partial charge in [0.2, 0.25) is 0 Å². The van der Waals surface area contributed by atoms with E-state index >= 15 is 0 Å². The number of nitrogens with zero attached hydrogens (tertiary/aromatic N) is 2. The maximum Gasteiger partial charge on any atom is 0.146 e. The number of rotatable bonds is 2. The fraction of sp³-hybridized carbons (Fsp3) is 0.600. The van der Waals surface area contributed by atoms with Crippen LogP contribution in [0.15, 0.2) is 18.2 Å². The minimum Gasteiger partial charge on any atom is -0.371 e. The number of likely N-dealkylation sites (N-methyl/N-ethyl adjacent to an activating group) is 1. The zero-order valence-electron chi connectivity index (χ0n) is 11.9. The average molecular weight is 279 g/mol. The molecule has 3 rings (SSSR count). The third-order valence-corrected chi connectivity index (χ3v) is 4.12. The number of nitrogens with one attached hydrogen (secondary N) is 1. The summed E-state index contributed by atoms with van der Waals surface area (Å²) in [5.74, 6) is -0.138. The van der Waals surface area contributed by atoms with E-state index in [1.165, 1.54) is 0 Å². The standard InChI is InChI=1S/C15H22FN3O/c1-18-5-7-19(8-6-18)14-3-2-12(10-13(14)16)15-11-17-4-9-20-15/h2-3,10,15,17H,4-9,11H2,1H3. The lowest BCUT2D eigenvalue weighted by Crippen LogP contribution is -2.44. The maximum absolute atomic E-state index is 14.4. The summed E-state index contributed by atoms with van der Waals surface area (Å²) >= 11 is 0. The van der Waals surface area contributed by atoms with Gasteiger partial charge in [-0.2, -0.15) is 0 Å². The van der Waals surface area contributed by atoms with Crippen LogP contribution in [0.4, 0.5) is 10.1 Å². The van der Waals surface area contributed by atoms with Crippen LogP contribution in [0.1, 0.15) is 11.7 Å². The first-order chi connectivity index (χ1) is 9.74. The Hall–Kier alpha value is -1.17. The smallest absolute Gasteiger partial charge is 0.146 e. The van der Waals surface area contributed by atoms with Crippen molar-refractivity contribution >= 4 is 5.69 Å². The Morgan fingerprint density at radius 2 is 2.05 bits per heavy atom. The molecule has 2 fully saturated rings. The second kappa shape index (κ2) is 6.08. The van der Waals surface area contributed by atoms with Crippen LogP contribution < -0.4 is 10.2 Å². The van der Waals surface area contributed by atoms with Crippen LogP contribution in [0.5, 0.6) is 0 Å². The Labute approximate surface area is 119 Å². The van der Waals surface area contributed by atoms with Gasteiger partial charge >= 0.3 is 0 Å². The third-order valence-electron chi connectivity index (χ3n) is 4.12. The van der Waals surface area contributed by atoms with Crippen molar-refractivity contribution in [3.05, 3.63) is 29.6 Å². The summed E-state index contributed by atoms with van der Waals surface area (Å²) in [5.41, 5.74) is 1.64. The zero-order valence-corrected chi connectivity index (χ0v) is 11.9. The van der Waals surface area contributed by atoms with Gasteiger partial charge in [-0.25, -0.2) is 4.39 Å². The molecule has 0 aliphatic carbocycles. The van der Waals surface area contributed by atoms with Gasteiger partial charge in [0.15, 0.2) is 0 Å². The molecule has 0 saturated carbocycles. The Balaban J connectivity index is 1.73. The summed E-state index contributed by atoms with van der Waals surface area (Å²) < 4.78 is 20.0. The van der Waals surface area contributed by atoms with Gasteiger partial charge in [-0.05, 0) is 24.7 Å². The lowest BCUT2D eigenvalue weighted by molar-refractivity contribution is 0.0275. The maximum atomic E-state index is 14.4. The predicted molar refractivity (Wildman–Crippen MR) is 77.7 cm³/mol. The molecule has 2 heterocycles. The van der Waals surface area contributed by atoms with E-state index < -0.39 is 0 Å². The number of anilines is 1. The van der Waals surface area contributed by atoms with Crippen LogP contribution in [0.25, 0.3) is 0 Å². The molecular formula is C15H22FN3O. The molecule has 0 bridgehead atoms. The number of benzene rings is 1. The van der Waals surface area contributed by atoms with Crippen LogP contribution in [-0.2, 0) is 4.74 Å². The van der Waals surface area contributed by atoms with Crippen LogP contribution in [0.3, 0.4) is 0 Å². The molecule has 2 saturated heterocycles. The molecule has 2 aliphatic heterocycles. The van der Waals surface area contributed by atoms with Crippen molar-refractivity contribution in [3.8, 4) is 0 Å². The van der Waals surface area contributed by atoms with Gasteiger partial charge in [-0.3, -0.25) is 0 Å². The molecule has 0 aromatic heterocycles. The molecular weight excluding hydrogens is 257 g/mol. The van der Waals surface area contributed by atoms with Crippen molar-refractivity contribution in [2.24, 2.45) is 0 Å². The number of ether oxygens (including phenoxy) is 1. The normalized spacial score (nSPS) is 24.9. The Morgan fingerprint density at radius 1 is 1.25 bits per heavy atom.